The molecule has 0 bridgehead atoms. The molecule has 0 radical (unpaired) electrons. The van der Waals surface area contributed by atoms with Gasteiger partial charge in [-0.05, 0) is 46.2 Å². The number of ether oxygens (including phenoxy) is 2. The topological polar surface area (TPSA) is 114 Å². The van der Waals surface area contributed by atoms with Crippen molar-refractivity contribution in [2.24, 2.45) is 0 Å². The van der Waals surface area contributed by atoms with Gasteiger partial charge in [0.2, 0.25) is 0 Å². The van der Waals surface area contributed by atoms with Gasteiger partial charge in [0.1, 0.15) is 24.0 Å². The molecule has 0 amide bonds. The van der Waals surface area contributed by atoms with Gasteiger partial charge >= 0.3 is 0 Å². The van der Waals surface area contributed by atoms with Crippen LogP contribution in [0.4, 0.5) is 5.69 Å². The smallest absolute Gasteiger partial charge is 0.293 e. The molecule has 0 saturated carbocycles. The molecule has 1 saturated heterocycles. The minimum Gasteiger partial charge on any atom is -0.490 e. The molecule has 8 heteroatoms. The normalized spacial score (nSPS) is 16.2. The molecule has 0 spiro atoms. The lowest BCUT2D eigenvalue weighted by Crippen LogP contribution is -2.28. The molecule has 136 valence electrons. The van der Waals surface area contributed by atoms with Crippen LogP contribution in [0.2, 0.25) is 0 Å². The highest BCUT2D eigenvalue weighted by molar-refractivity contribution is 5.56. The summed E-state index contributed by atoms with van der Waals surface area (Å²) < 4.78 is 10.1. The molecule has 1 aliphatic heterocycles. The number of rotatable bonds is 5. The number of carbonyl (C=O) groups is 1. The first-order valence-corrected chi connectivity index (χ1v) is 7.93. The Hall–Kier alpha value is -2.66. The largest absolute Gasteiger partial charge is 0.490 e. The molecule has 0 aromatic heterocycles. The van der Waals surface area contributed by atoms with E-state index in [1.165, 1.54) is 12.1 Å². The van der Waals surface area contributed by atoms with Gasteiger partial charge in [0.25, 0.3) is 12.2 Å². The number of benzene rings is 1. The summed E-state index contributed by atoms with van der Waals surface area (Å²) in [7, 11) is 0. The maximum atomic E-state index is 10.8. The van der Waals surface area contributed by atoms with Crippen molar-refractivity contribution in [2.75, 3.05) is 13.2 Å². The molecular formula is C17H23N3O5. The lowest BCUT2D eigenvalue weighted by Gasteiger charge is -2.14. The second kappa shape index (κ2) is 9.59. The van der Waals surface area contributed by atoms with Crippen LogP contribution in [0.15, 0.2) is 18.2 Å². The second-order valence-corrected chi connectivity index (χ2v) is 6.45. The van der Waals surface area contributed by atoms with Gasteiger partial charge in [-0.25, -0.2) is 0 Å². The first-order chi connectivity index (χ1) is 11.8. The quantitative estimate of drug-likeness (QED) is 0.493. The van der Waals surface area contributed by atoms with Crippen LogP contribution in [-0.2, 0) is 9.53 Å². The Morgan fingerprint density at radius 3 is 2.64 bits per heavy atom. The van der Waals surface area contributed by atoms with Crippen molar-refractivity contribution < 1.29 is 19.2 Å². The SMILES string of the molecule is CC(C)(C)OC=O.N#Cc1c(OC[C@H]2CCCN2)cccc1[N+](=O)[O-]. The van der Waals surface area contributed by atoms with Crippen molar-refractivity contribution in [3.63, 3.8) is 0 Å². The van der Waals surface area contributed by atoms with Gasteiger partial charge in [0.15, 0.2) is 5.56 Å². The van der Waals surface area contributed by atoms with E-state index in [4.69, 9.17) is 10.00 Å². The Morgan fingerprint density at radius 1 is 1.48 bits per heavy atom. The van der Waals surface area contributed by atoms with Crippen molar-refractivity contribution in [1.29, 1.82) is 5.26 Å². The van der Waals surface area contributed by atoms with E-state index in [1.807, 2.05) is 26.8 Å². The Bertz CT molecular complexity index is 628. The molecule has 0 unspecified atom stereocenters. The maximum Gasteiger partial charge on any atom is 0.293 e. The summed E-state index contributed by atoms with van der Waals surface area (Å²) in [6.07, 6.45) is 2.13. The summed E-state index contributed by atoms with van der Waals surface area (Å²) in [5, 5.41) is 23.0. The standard InChI is InChI=1S/C12H13N3O3.C5H10O2/c13-7-10-11(15(16)17)4-1-5-12(10)18-8-9-3-2-6-14-9;1-5(2,3)7-4-6/h1,4-5,9,14H,2-3,6,8H2;4H,1-3H3/t9-;/m1./s1. The van der Waals surface area contributed by atoms with Gasteiger partial charge < -0.3 is 14.8 Å². The van der Waals surface area contributed by atoms with Gasteiger partial charge in [-0.1, -0.05) is 6.07 Å². The highest BCUT2D eigenvalue weighted by atomic mass is 16.6. The molecule has 1 fully saturated rings. The van der Waals surface area contributed by atoms with E-state index in [-0.39, 0.29) is 28.6 Å². The van der Waals surface area contributed by atoms with Crippen LogP contribution in [0.5, 0.6) is 5.75 Å². The van der Waals surface area contributed by atoms with Crippen LogP contribution in [-0.4, -0.2) is 36.2 Å². The molecule has 25 heavy (non-hydrogen) atoms. The minimum absolute atomic E-state index is 0.0134. The Kier molecular flexibility index (Phi) is 7.82. The summed E-state index contributed by atoms with van der Waals surface area (Å²) >= 11 is 0. The number of nitrogens with one attached hydrogen (secondary N) is 1. The van der Waals surface area contributed by atoms with Gasteiger partial charge in [-0.2, -0.15) is 5.26 Å². The maximum absolute atomic E-state index is 10.8. The fourth-order valence-electron chi connectivity index (χ4n) is 2.14. The zero-order valence-corrected chi connectivity index (χ0v) is 14.7. The van der Waals surface area contributed by atoms with Gasteiger partial charge in [-0.15, -0.1) is 0 Å². The number of hydrogen-bond donors (Lipinski definition) is 1. The van der Waals surface area contributed by atoms with Gasteiger partial charge in [0, 0.05) is 12.1 Å². The lowest BCUT2D eigenvalue weighted by atomic mass is 10.1. The first kappa shape index (κ1) is 20.4. The number of nitro benzene ring substituents is 1. The number of nitro groups is 1. The van der Waals surface area contributed by atoms with Crippen LogP contribution in [0, 0.1) is 21.4 Å². The third kappa shape index (κ3) is 7.18. The highest BCUT2D eigenvalue weighted by Gasteiger charge is 2.20. The molecular weight excluding hydrogens is 326 g/mol. The van der Waals surface area contributed by atoms with Crippen molar-refractivity contribution in [3.8, 4) is 11.8 Å². The van der Waals surface area contributed by atoms with E-state index < -0.39 is 4.92 Å². The summed E-state index contributed by atoms with van der Waals surface area (Å²) in [6.45, 7) is 7.31. The molecule has 1 atom stereocenters. The number of carbonyl (C=O) groups excluding carboxylic acids is 1. The Labute approximate surface area is 146 Å². The highest BCUT2D eigenvalue weighted by Crippen LogP contribution is 2.27. The fraction of sp³-hybridized carbons (Fsp3) is 0.529. The van der Waals surface area contributed by atoms with Crippen molar-refractivity contribution >= 4 is 12.2 Å². The number of nitrogens with zero attached hydrogens (tertiary/aromatic N) is 2. The summed E-state index contributed by atoms with van der Waals surface area (Å²) in [6, 6.07) is 6.51. The van der Waals surface area contributed by atoms with E-state index in [2.05, 4.69) is 10.1 Å². The lowest BCUT2D eigenvalue weighted by molar-refractivity contribution is -0.385. The van der Waals surface area contributed by atoms with E-state index in [0.717, 1.165) is 19.4 Å². The average molecular weight is 349 g/mol. The van der Waals surface area contributed by atoms with Crippen LogP contribution >= 0.6 is 0 Å². The molecule has 1 aromatic carbocycles. The molecule has 1 aliphatic rings. The van der Waals surface area contributed by atoms with Crippen LogP contribution in [0.3, 0.4) is 0 Å². The summed E-state index contributed by atoms with van der Waals surface area (Å²) in [5.74, 6) is 0.278. The van der Waals surface area contributed by atoms with Crippen LogP contribution in [0.1, 0.15) is 39.2 Å². The monoisotopic (exact) mass is 349 g/mol. The van der Waals surface area contributed by atoms with Crippen LogP contribution in [0.25, 0.3) is 0 Å². The van der Waals surface area contributed by atoms with Gasteiger partial charge in [-0.3, -0.25) is 14.9 Å². The average Bonchev–Trinajstić information content (AvgIpc) is 3.05. The van der Waals surface area contributed by atoms with Crippen LogP contribution < -0.4 is 10.1 Å². The number of nitriles is 1. The fourth-order valence-corrected chi connectivity index (χ4v) is 2.14. The third-order valence-corrected chi connectivity index (χ3v) is 3.32. The van der Waals surface area contributed by atoms with E-state index >= 15 is 0 Å². The summed E-state index contributed by atoms with van der Waals surface area (Å²) in [5.41, 5.74) is -0.545. The van der Waals surface area contributed by atoms with E-state index in [1.54, 1.807) is 6.07 Å². The molecule has 1 heterocycles. The first-order valence-electron chi connectivity index (χ1n) is 7.93. The molecule has 0 aliphatic carbocycles. The van der Waals surface area contributed by atoms with Crippen molar-refractivity contribution in [2.45, 2.75) is 45.3 Å². The molecule has 8 nitrogen and oxygen atoms in total. The summed E-state index contributed by atoms with van der Waals surface area (Å²) in [4.78, 5) is 19.8. The number of hydrogen-bond acceptors (Lipinski definition) is 7. The van der Waals surface area contributed by atoms with E-state index in [9.17, 15) is 14.9 Å². The third-order valence-electron chi connectivity index (χ3n) is 3.32. The minimum atomic E-state index is -0.570. The Balaban J connectivity index is 0.000000381. The predicted molar refractivity (Wildman–Crippen MR) is 91.2 cm³/mol. The molecule has 1 N–H and O–H groups in total. The zero-order chi connectivity index (χ0) is 18.9. The molecule has 2 rings (SSSR count). The Morgan fingerprint density at radius 2 is 2.20 bits per heavy atom. The zero-order valence-electron chi connectivity index (χ0n) is 14.7. The second-order valence-electron chi connectivity index (χ2n) is 6.45. The van der Waals surface area contributed by atoms with Gasteiger partial charge in [0.05, 0.1) is 4.92 Å². The van der Waals surface area contributed by atoms with Crippen molar-refractivity contribution in [1.82, 2.24) is 5.32 Å². The molecule has 1 aromatic rings. The van der Waals surface area contributed by atoms with E-state index in [0.29, 0.717) is 13.1 Å². The van der Waals surface area contributed by atoms with Crippen molar-refractivity contribution in [3.05, 3.63) is 33.9 Å². The predicted octanol–water partition coefficient (Wildman–Crippen LogP) is 2.56.